The van der Waals surface area contributed by atoms with Gasteiger partial charge < -0.3 is 15.4 Å². The van der Waals surface area contributed by atoms with Crippen molar-refractivity contribution < 1.29 is 9.53 Å². The molecule has 0 aromatic heterocycles. The van der Waals surface area contributed by atoms with Gasteiger partial charge in [-0.2, -0.15) is 0 Å². The molecule has 98 valence electrons. The van der Waals surface area contributed by atoms with Gasteiger partial charge in [0.1, 0.15) is 0 Å². The summed E-state index contributed by atoms with van der Waals surface area (Å²) >= 11 is 0. The molecule has 1 amide bonds. The van der Waals surface area contributed by atoms with Gasteiger partial charge in [-0.1, -0.05) is 18.2 Å². The van der Waals surface area contributed by atoms with Gasteiger partial charge >= 0.3 is 0 Å². The standard InChI is InChI=1S/C14H20N2O2/c1-18-10-8-11-5-2-3-6-12(11)16-14(17)13-7-4-9-15-13/h2-3,5-6,13,15H,4,7-10H2,1H3,(H,16,17)/t13-/m1/s1. The fourth-order valence-corrected chi connectivity index (χ4v) is 2.20. The maximum absolute atomic E-state index is 12.0. The first-order chi connectivity index (χ1) is 8.81. The molecular weight excluding hydrogens is 228 g/mol. The lowest BCUT2D eigenvalue weighted by molar-refractivity contribution is -0.117. The molecule has 18 heavy (non-hydrogen) atoms. The molecule has 4 nitrogen and oxygen atoms in total. The Kier molecular flexibility index (Phi) is 4.73. The van der Waals surface area contributed by atoms with Crippen molar-refractivity contribution in [3.05, 3.63) is 29.8 Å². The van der Waals surface area contributed by atoms with E-state index in [2.05, 4.69) is 10.6 Å². The molecule has 1 fully saturated rings. The molecule has 0 unspecified atom stereocenters. The van der Waals surface area contributed by atoms with Crippen molar-refractivity contribution in [2.75, 3.05) is 25.6 Å². The fraction of sp³-hybridized carbons (Fsp3) is 0.500. The molecule has 1 aromatic rings. The second kappa shape index (κ2) is 6.52. The molecule has 1 aliphatic rings. The lowest BCUT2D eigenvalue weighted by atomic mass is 10.1. The van der Waals surface area contributed by atoms with Crippen molar-refractivity contribution in [2.45, 2.75) is 25.3 Å². The zero-order valence-electron chi connectivity index (χ0n) is 10.7. The van der Waals surface area contributed by atoms with Crippen LogP contribution in [0.2, 0.25) is 0 Å². The van der Waals surface area contributed by atoms with E-state index in [9.17, 15) is 4.79 Å². The van der Waals surface area contributed by atoms with Crippen molar-refractivity contribution in [1.29, 1.82) is 0 Å². The van der Waals surface area contributed by atoms with Gasteiger partial charge in [0, 0.05) is 12.8 Å². The third-order valence-electron chi connectivity index (χ3n) is 3.23. The van der Waals surface area contributed by atoms with Crippen LogP contribution in [0, 0.1) is 0 Å². The molecule has 1 heterocycles. The number of ether oxygens (including phenoxy) is 1. The Hall–Kier alpha value is -1.39. The third kappa shape index (κ3) is 3.31. The number of carbonyl (C=O) groups excluding carboxylic acids is 1. The maximum Gasteiger partial charge on any atom is 0.241 e. The van der Waals surface area contributed by atoms with Crippen LogP contribution in [0.15, 0.2) is 24.3 Å². The van der Waals surface area contributed by atoms with E-state index in [0.717, 1.165) is 37.1 Å². The maximum atomic E-state index is 12.0. The fourth-order valence-electron chi connectivity index (χ4n) is 2.20. The van der Waals surface area contributed by atoms with Crippen molar-refractivity contribution in [3.8, 4) is 0 Å². The highest BCUT2D eigenvalue weighted by molar-refractivity contribution is 5.95. The summed E-state index contributed by atoms with van der Waals surface area (Å²) in [6.07, 6.45) is 2.81. The second-order valence-electron chi connectivity index (χ2n) is 4.54. The van der Waals surface area contributed by atoms with Gasteiger partial charge in [-0.15, -0.1) is 0 Å². The van der Waals surface area contributed by atoms with Gasteiger partial charge in [0.15, 0.2) is 0 Å². The Morgan fingerprint density at radius 1 is 1.50 bits per heavy atom. The summed E-state index contributed by atoms with van der Waals surface area (Å²) in [5, 5.41) is 6.21. The zero-order chi connectivity index (χ0) is 12.8. The number of anilines is 1. The monoisotopic (exact) mass is 248 g/mol. The molecule has 0 aliphatic carbocycles. The number of nitrogens with one attached hydrogen (secondary N) is 2. The van der Waals surface area contributed by atoms with Gasteiger partial charge in [0.2, 0.25) is 5.91 Å². The Bertz CT molecular complexity index is 401. The highest BCUT2D eigenvalue weighted by atomic mass is 16.5. The summed E-state index contributed by atoms with van der Waals surface area (Å²) in [6.45, 7) is 1.60. The molecule has 4 heteroatoms. The normalized spacial score (nSPS) is 18.8. The summed E-state index contributed by atoms with van der Waals surface area (Å²) in [6, 6.07) is 7.84. The summed E-state index contributed by atoms with van der Waals surface area (Å²) in [5.41, 5.74) is 2.01. The van der Waals surface area contributed by atoms with Crippen LogP contribution in [0.3, 0.4) is 0 Å². The number of methoxy groups -OCH3 is 1. The predicted octanol–water partition coefficient (Wildman–Crippen LogP) is 1.57. The summed E-state index contributed by atoms with van der Waals surface area (Å²) in [4.78, 5) is 12.0. The highest BCUT2D eigenvalue weighted by Crippen LogP contribution is 2.17. The van der Waals surface area contributed by atoms with E-state index in [0.29, 0.717) is 6.61 Å². The van der Waals surface area contributed by atoms with Crippen LogP contribution in [0.4, 0.5) is 5.69 Å². The smallest absolute Gasteiger partial charge is 0.241 e. The quantitative estimate of drug-likeness (QED) is 0.831. The van der Waals surface area contributed by atoms with Crippen LogP contribution in [0.5, 0.6) is 0 Å². The Balaban J connectivity index is 2.00. The first kappa shape index (κ1) is 13.1. The largest absolute Gasteiger partial charge is 0.384 e. The third-order valence-corrected chi connectivity index (χ3v) is 3.23. The van der Waals surface area contributed by atoms with Crippen LogP contribution in [0.25, 0.3) is 0 Å². The van der Waals surface area contributed by atoms with Crippen LogP contribution >= 0.6 is 0 Å². The summed E-state index contributed by atoms with van der Waals surface area (Å²) in [5.74, 6) is 0.0670. The lowest BCUT2D eigenvalue weighted by Crippen LogP contribution is -2.35. The van der Waals surface area contributed by atoms with Crippen LogP contribution in [-0.4, -0.2) is 32.2 Å². The van der Waals surface area contributed by atoms with Crippen molar-refractivity contribution in [1.82, 2.24) is 5.32 Å². The molecule has 0 radical (unpaired) electrons. The van der Waals surface area contributed by atoms with Gasteiger partial charge in [0.05, 0.1) is 12.6 Å². The highest BCUT2D eigenvalue weighted by Gasteiger charge is 2.22. The molecule has 0 bridgehead atoms. The topological polar surface area (TPSA) is 50.4 Å². The summed E-state index contributed by atoms with van der Waals surface area (Å²) < 4.78 is 5.08. The van der Waals surface area contributed by atoms with Crippen molar-refractivity contribution in [3.63, 3.8) is 0 Å². The summed E-state index contributed by atoms with van der Waals surface area (Å²) in [7, 11) is 1.68. The first-order valence-electron chi connectivity index (χ1n) is 6.42. The molecule has 0 saturated carbocycles. The average Bonchev–Trinajstić information content (AvgIpc) is 2.91. The SMILES string of the molecule is COCCc1ccccc1NC(=O)[C@H]1CCCN1. The molecule has 1 saturated heterocycles. The first-order valence-corrected chi connectivity index (χ1v) is 6.42. The van der Waals surface area contributed by atoms with Gasteiger partial charge in [-0.25, -0.2) is 0 Å². The Morgan fingerprint density at radius 2 is 2.33 bits per heavy atom. The second-order valence-corrected chi connectivity index (χ2v) is 4.54. The minimum atomic E-state index is -0.0412. The minimum absolute atomic E-state index is 0.0412. The number of hydrogen-bond donors (Lipinski definition) is 2. The van der Waals surface area contributed by atoms with Gasteiger partial charge in [-0.05, 0) is 37.4 Å². The van der Waals surface area contributed by atoms with E-state index in [1.54, 1.807) is 7.11 Å². The van der Waals surface area contributed by atoms with Crippen molar-refractivity contribution in [2.24, 2.45) is 0 Å². The number of carbonyl (C=O) groups is 1. The van der Waals surface area contributed by atoms with E-state index < -0.39 is 0 Å². The van der Waals surface area contributed by atoms with Crippen LogP contribution < -0.4 is 10.6 Å². The number of amides is 1. The average molecular weight is 248 g/mol. The van der Waals surface area contributed by atoms with E-state index in [1.807, 2.05) is 24.3 Å². The van der Waals surface area contributed by atoms with Crippen LogP contribution in [0.1, 0.15) is 18.4 Å². The number of benzene rings is 1. The van der Waals surface area contributed by atoms with E-state index in [-0.39, 0.29) is 11.9 Å². The molecule has 1 aliphatic heterocycles. The predicted molar refractivity (Wildman–Crippen MR) is 71.7 cm³/mol. The van der Waals surface area contributed by atoms with E-state index in [4.69, 9.17) is 4.74 Å². The number of rotatable bonds is 5. The van der Waals surface area contributed by atoms with Gasteiger partial charge in [-0.3, -0.25) is 4.79 Å². The molecule has 2 N–H and O–H groups in total. The van der Waals surface area contributed by atoms with E-state index in [1.165, 1.54) is 0 Å². The molecule has 1 aromatic carbocycles. The lowest BCUT2D eigenvalue weighted by Gasteiger charge is -2.14. The Morgan fingerprint density at radius 3 is 3.06 bits per heavy atom. The van der Waals surface area contributed by atoms with Crippen molar-refractivity contribution >= 4 is 11.6 Å². The van der Waals surface area contributed by atoms with Crippen LogP contribution in [-0.2, 0) is 16.0 Å². The molecule has 1 atom stereocenters. The Labute approximate surface area is 108 Å². The molecular formula is C14H20N2O2. The number of hydrogen-bond acceptors (Lipinski definition) is 3. The zero-order valence-corrected chi connectivity index (χ0v) is 10.7. The number of para-hydroxylation sites is 1. The van der Waals surface area contributed by atoms with Gasteiger partial charge in [0.25, 0.3) is 0 Å². The molecule has 0 spiro atoms. The minimum Gasteiger partial charge on any atom is -0.384 e. The molecule has 2 rings (SSSR count). The van der Waals surface area contributed by atoms with E-state index >= 15 is 0 Å².